The van der Waals surface area contributed by atoms with E-state index in [2.05, 4.69) is 44.2 Å². The summed E-state index contributed by atoms with van der Waals surface area (Å²) in [6.45, 7) is 4.73. The fourth-order valence-electron chi connectivity index (χ4n) is 3.81. The molecule has 4 unspecified atom stereocenters. The third kappa shape index (κ3) is 5.00. The maximum Gasteiger partial charge on any atom is 0.113 e. The second-order valence-electron chi connectivity index (χ2n) is 7.87. The zero-order valence-electron chi connectivity index (χ0n) is 16.8. The van der Waals surface area contributed by atoms with Crippen LogP contribution in [-0.4, -0.2) is 40.2 Å². The molecule has 1 heterocycles. The van der Waals surface area contributed by atoms with Crippen LogP contribution in [0.25, 0.3) is 0 Å². The summed E-state index contributed by atoms with van der Waals surface area (Å²) in [6, 6.07) is 14.7. The Morgan fingerprint density at radius 2 is 1.64 bits per heavy atom. The Kier molecular flexibility index (Phi) is 7.24. The molecule has 1 aliphatic heterocycles. The van der Waals surface area contributed by atoms with E-state index in [9.17, 15) is 15.3 Å². The Balaban J connectivity index is 1.85. The molecule has 1 saturated heterocycles. The predicted octanol–water partition coefficient (Wildman–Crippen LogP) is 3.47. The van der Waals surface area contributed by atoms with Crippen molar-refractivity contribution in [2.75, 3.05) is 6.61 Å². The molecule has 4 heteroatoms. The van der Waals surface area contributed by atoms with Crippen LogP contribution in [0.15, 0.2) is 42.5 Å². The third-order valence-electron chi connectivity index (χ3n) is 5.77. The summed E-state index contributed by atoms with van der Waals surface area (Å²) in [6.07, 6.45) is -0.0774. The molecule has 0 aromatic heterocycles. The Morgan fingerprint density at radius 1 is 0.929 bits per heavy atom. The third-order valence-corrected chi connectivity index (χ3v) is 5.77. The molecule has 0 bridgehead atoms. The van der Waals surface area contributed by atoms with Gasteiger partial charge in [-0.3, -0.25) is 0 Å². The van der Waals surface area contributed by atoms with Crippen molar-refractivity contribution in [1.29, 1.82) is 0 Å². The van der Waals surface area contributed by atoms with E-state index in [-0.39, 0.29) is 0 Å². The second kappa shape index (κ2) is 9.66. The summed E-state index contributed by atoms with van der Waals surface area (Å²) in [4.78, 5) is 0. The number of aliphatic hydroxyl groups is 3. The maximum absolute atomic E-state index is 10.7. The predicted molar refractivity (Wildman–Crippen MR) is 110 cm³/mol. The van der Waals surface area contributed by atoms with Crippen LogP contribution in [0.1, 0.15) is 60.1 Å². The van der Waals surface area contributed by atoms with E-state index in [0.29, 0.717) is 13.0 Å². The van der Waals surface area contributed by atoms with Crippen LogP contribution in [0, 0.1) is 6.92 Å². The normalized spacial score (nSPS) is 26.3. The number of hydrogen-bond donors (Lipinski definition) is 3. The van der Waals surface area contributed by atoms with Crippen molar-refractivity contribution in [3.05, 3.63) is 70.3 Å². The Hall–Kier alpha value is -1.72. The maximum atomic E-state index is 10.7. The number of aryl methyl sites for hydroxylation is 2. The van der Waals surface area contributed by atoms with Crippen molar-refractivity contribution in [2.45, 2.75) is 70.4 Å². The van der Waals surface area contributed by atoms with Crippen LogP contribution in [0.4, 0.5) is 0 Å². The van der Waals surface area contributed by atoms with Gasteiger partial charge >= 0.3 is 0 Å². The molecular weight excluding hydrogens is 352 g/mol. The van der Waals surface area contributed by atoms with Gasteiger partial charge in [0.15, 0.2) is 0 Å². The van der Waals surface area contributed by atoms with E-state index in [0.717, 1.165) is 31.2 Å². The summed E-state index contributed by atoms with van der Waals surface area (Å²) in [5.41, 5.74) is 5.76. The first kappa shape index (κ1) is 21.0. The lowest BCUT2D eigenvalue weighted by molar-refractivity contribution is -0.120. The van der Waals surface area contributed by atoms with Gasteiger partial charge in [0.25, 0.3) is 0 Å². The molecule has 28 heavy (non-hydrogen) atoms. The van der Waals surface area contributed by atoms with Crippen molar-refractivity contribution in [3.63, 3.8) is 0 Å². The van der Waals surface area contributed by atoms with Crippen LogP contribution in [0.2, 0.25) is 0 Å². The molecule has 2 aromatic carbocycles. The highest BCUT2D eigenvalue weighted by Gasteiger charge is 2.34. The molecule has 4 nitrogen and oxygen atoms in total. The molecule has 0 aliphatic carbocycles. The lowest BCUT2D eigenvalue weighted by atomic mass is 9.92. The van der Waals surface area contributed by atoms with Gasteiger partial charge in [-0.05, 0) is 66.8 Å². The molecule has 3 rings (SSSR count). The quantitative estimate of drug-likeness (QED) is 0.755. The van der Waals surface area contributed by atoms with Gasteiger partial charge in [0.05, 0.1) is 6.10 Å². The van der Waals surface area contributed by atoms with Gasteiger partial charge in [0.2, 0.25) is 0 Å². The standard InChI is InChI=1S/C24H32O4/c1-3-17-8-10-18(11-9-17)14-20-15-19(12-7-16(20)2)24-23(27)22(26)21(25)6-4-5-13-28-24/h7-12,15,21-27H,3-6,13-14H2,1-2H3. The minimum absolute atomic E-state index is 0.473. The van der Waals surface area contributed by atoms with Crippen molar-refractivity contribution >= 4 is 0 Å². The van der Waals surface area contributed by atoms with Gasteiger partial charge in [-0.15, -0.1) is 0 Å². The molecule has 2 aromatic rings. The number of ether oxygens (including phenoxy) is 1. The molecule has 0 radical (unpaired) electrons. The summed E-state index contributed by atoms with van der Waals surface area (Å²) in [7, 11) is 0. The molecule has 0 saturated carbocycles. The first-order valence-corrected chi connectivity index (χ1v) is 10.3. The molecule has 4 atom stereocenters. The molecule has 0 amide bonds. The first-order valence-electron chi connectivity index (χ1n) is 10.3. The number of benzene rings is 2. The lowest BCUT2D eigenvalue weighted by Gasteiger charge is -2.29. The van der Waals surface area contributed by atoms with Crippen molar-refractivity contribution < 1.29 is 20.1 Å². The highest BCUT2D eigenvalue weighted by atomic mass is 16.5. The molecule has 1 aliphatic rings. The van der Waals surface area contributed by atoms with Crippen molar-refractivity contribution in [3.8, 4) is 0 Å². The molecular formula is C24H32O4. The van der Waals surface area contributed by atoms with Gasteiger partial charge in [-0.1, -0.05) is 49.4 Å². The smallest absolute Gasteiger partial charge is 0.113 e. The summed E-state index contributed by atoms with van der Waals surface area (Å²) in [5, 5.41) is 31.1. The molecule has 0 spiro atoms. The summed E-state index contributed by atoms with van der Waals surface area (Å²) < 4.78 is 5.93. The summed E-state index contributed by atoms with van der Waals surface area (Å²) >= 11 is 0. The van der Waals surface area contributed by atoms with E-state index in [1.807, 2.05) is 12.1 Å². The minimum Gasteiger partial charge on any atom is -0.390 e. The highest BCUT2D eigenvalue weighted by Crippen LogP contribution is 2.29. The Bertz CT molecular complexity index is 756. The summed E-state index contributed by atoms with van der Waals surface area (Å²) in [5.74, 6) is 0. The fourth-order valence-corrected chi connectivity index (χ4v) is 3.81. The monoisotopic (exact) mass is 384 g/mol. The van der Waals surface area contributed by atoms with E-state index >= 15 is 0 Å². The van der Waals surface area contributed by atoms with Gasteiger partial charge in [-0.25, -0.2) is 0 Å². The number of rotatable bonds is 4. The lowest BCUT2D eigenvalue weighted by Crippen LogP contribution is -2.41. The van der Waals surface area contributed by atoms with Crippen LogP contribution in [-0.2, 0) is 17.6 Å². The SMILES string of the molecule is CCc1ccc(Cc2cc(C3OCCCCC(O)C(O)C3O)ccc2C)cc1. The van der Waals surface area contributed by atoms with Crippen molar-refractivity contribution in [2.24, 2.45) is 0 Å². The van der Waals surface area contributed by atoms with E-state index in [1.54, 1.807) is 0 Å². The number of hydrogen-bond acceptors (Lipinski definition) is 4. The van der Waals surface area contributed by atoms with Gasteiger partial charge in [0, 0.05) is 6.61 Å². The van der Waals surface area contributed by atoms with Crippen LogP contribution in [0.3, 0.4) is 0 Å². The first-order chi connectivity index (χ1) is 13.5. The van der Waals surface area contributed by atoms with Gasteiger partial charge < -0.3 is 20.1 Å². The zero-order chi connectivity index (χ0) is 20.1. The van der Waals surface area contributed by atoms with Gasteiger partial charge in [0.1, 0.15) is 18.3 Å². The molecule has 3 N–H and O–H groups in total. The van der Waals surface area contributed by atoms with Crippen LogP contribution < -0.4 is 0 Å². The van der Waals surface area contributed by atoms with E-state index < -0.39 is 24.4 Å². The average molecular weight is 385 g/mol. The van der Waals surface area contributed by atoms with Crippen LogP contribution in [0.5, 0.6) is 0 Å². The second-order valence-corrected chi connectivity index (χ2v) is 7.87. The topological polar surface area (TPSA) is 69.9 Å². The fraction of sp³-hybridized carbons (Fsp3) is 0.500. The molecule has 1 fully saturated rings. The van der Waals surface area contributed by atoms with Gasteiger partial charge in [-0.2, -0.15) is 0 Å². The molecule has 152 valence electrons. The Labute approximate surface area is 167 Å². The van der Waals surface area contributed by atoms with Crippen LogP contribution >= 0.6 is 0 Å². The average Bonchev–Trinajstić information content (AvgIpc) is 2.76. The highest BCUT2D eigenvalue weighted by molar-refractivity contribution is 5.37. The van der Waals surface area contributed by atoms with E-state index in [4.69, 9.17) is 4.74 Å². The minimum atomic E-state index is -1.21. The van der Waals surface area contributed by atoms with E-state index in [1.165, 1.54) is 22.3 Å². The zero-order valence-corrected chi connectivity index (χ0v) is 16.8. The number of aliphatic hydroxyl groups excluding tert-OH is 3. The largest absolute Gasteiger partial charge is 0.390 e. The Morgan fingerprint density at radius 3 is 2.36 bits per heavy atom. The van der Waals surface area contributed by atoms with Crippen molar-refractivity contribution in [1.82, 2.24) is 0 Å².